The molecule has 96 valence electrons. The highest BCUT2D eigenvalue weighted by molar-refractivity contribution is 9.10. The van der Waals surface area contributed by atoms with Crippen molar-refractivity contribution < 1.29 is 19.1 Å². The van der Waals surface area contributed by atoms with E-state index in [-0.39, 0.29) is 10.0 Å². The smallest absolute Gasteiger partial charge is 0.327 e. The zero-order valence-corrected chi connectivity index (χ0v) is 11.5. The molecular formula is C11H9BrFNO3S. The molecule has 0 unspecified atom stereocenters. The van der Waals surface area contributed by atoms with Crippen LogP contribution in [0.15, 0.2) is 22.7 Å². The summed E-state index contributed by atoms with van der Waals surface area (Å²) in [4.78, 5) is 24.4. The van der Waals surface area contributed by atoms with E-state index in [1.807, 2.05) is 0 Å². The second kappa shape index (κ2) is 5.27. The Balaban J connectivity index is 2.31. The van der Waals surface area contributed by atoms with E-state index in [9.17, 15) is 14.0 Å². The first-order valence-electron chi connectivity index (χ1n) is 5.08. The Hall–Kier alpha value is -1.08. The van der Waals surface area contributed by atoms with Crippen molar-refractivity contribution in [2.75, 3.05) is 11.6 Å². The molecule has 1 atom stereocenters. The highest BCUT2D eigenvalue weighted by Gasteiger charge is 2.35. The first kappa shape index (κ1) is 13.4. The molecule has 1 heterocycles. The lowest BCUT2D eigenvalue weighted by atomic mass is 10.1. The van der Waals surface area contributed by atoms with E-state index in [1.165, 1.54) is 34.9 Å². The fourth-order valence-corrected chi connectivity index (χ4v) is 3.25. The first-order chi connectivity index (χ1) is 8.52. The number of thioether (sulfide) groups is 1. The summed E-state index contributed by atoms with van der Waals surface area (Å²) in [6.45, 7) is 0. The van der Waals surface area contributed by atoms with Crippen LogP contribution < -0.4 is 0 Å². The van der Waals surface area contributed by atoms with Gasteiger partial charge in [-0.15, -0.1) is 11.8 Å². The minimum absolute atomic E-state index is 0.0658. The number of amides is 1. The van der Waals surface area contributed by atoms with Crippen LogP contribution in [0.4, 0.5) is 4.39 Å². The van der Waals surface area contributed by atoms with Gasteiger partial charge in [-0.25, -0.2) is 9.18 Å². The lowest BCUT2D eigenvalue weighted by Gasteiger charge is -2.21. The zero-order valence-electron chi connectivity index (χ0n) is 9.10. The normalized spacial score (nSPS) is 19.0. The van der Waals surface area contributed by atoms with E-state index in [2.05, 4.69) is 15.9 Å². The van der Waals surface area contributed by atoms with Gasteiger partial charge in [-0.1, -0.05) is 6.07 Å². The van der Waals surface area contributed by atoms with E-state index in [0.29, 0.717) is 11.6 Å². The van der Waals surface area contributed by atoms with E-state index < -0.39 is 23.7 Å². The van der Waals surface area contributed by atoms with Crippen molar-refractivity contribution in [1.82, 2.24) is 4.90 Å². The topological polar surface area (TPSA) is 57.6 Å². The fraction of sp³-hybridized carbons (Fsp3) is 0.273. The van der Waals surface area contributed by atoms with E-state index >= 15 is 0 Å². The number of carboxylic acids is 1. The predicted octanol–water partition coefficient (Wildman–Crippen LogP) is 2.19. The Kier molecular flexibility index (Phi) is 3.91. The van der Waals surface area contributed by atoms with Crippen molar-refractivity contribution in [3.05, 3.63) is 34.1 Å². The molecule has 0 saturated carbocycles. The molecule has 1 saturated heterocycles. The van der Waals surface area contributed by atoms with E-state index in [1.54, 1.807) is 0 Å². The molecule has 1 aromatic carbocycles. The molecule has 0 aromatic heterocycles. The van der Waals surface area contributed by atoms with E-state index in [0.717, 1.165) is 0 Å². The summed E-state index contributed by atoms with van der Waals surface area (Å²) in [6.07, 6.45) is 0. The summed E-state index contributed by atoms with van der Waals surface area (Å²) in [5.74, 6) is -1.40. The summed E-state index contributed by atoms with van der Waals surface area (Å²) in [5.41, 5.74) is 0.142. The summed E-state index contributed by atoms with van der Waals surface area (Å²) in [5, 5.41) is 9.01. The van der Waals surface area contributed by atoms with Crippen LogP contribution in [0.25, 0.3) is 0 Å². The van der Waals surface area contributed by atoms with Gasteiger partial charge in [-0.2, -0.15) is 0 Å². The number of halogens is 2. The molecule has 2 rings (SSSR count). The largest absolute Gasteiger partial charge is 0.480 e. The van der Waals surface area contributed by atoms with Crippen LogP contribution in [0.2, 0.25) is 0 Å². The molecule has 1 aromatic rings. The van der Waals surface area contributed by atoms with Crippen LogP contribution in [-0.2, 0) is 4.79 Å². The number of rotatable bonds is 2. The number of carbonyl (C=O) groups is 2. The average molecular weight is 334 g/mol. The highest BCUT2D eigenvalue weighted by Crippen LogP contribution is 2.27. The second-order valence-corrected chi connectivity index (χ2v) is 5.52. The van der Waals surface area contributed by atoms with Crippen molar-refractivity contribution in [2.24, 2.45) is 0 Å². The third kappa shape index (κ3) is 2.37. The molecule has 1 fully saturated rings. The van der Waals surface area contributed by atoms with Crippen LogP contribution in [0.3, 0.4) is 0 Å². The standard InChI is InChI=1S/C11H9BrFNO3S/c12-9-6(2-1-3-7(9)13)10(15)14-5-18-4-8(14)11(16)17/h1-3,8H,4-5H2,(H,16,17)/t8-/m0/s1. The Bertz CT molecular complexity index is 511. The molecule has 1 amide bonds. The zero-order chi connectivity index (χ0) is 13.3. The molecule has 0 spiro atoms. The van der Waals surface area contributed by atoms with Crippen LogP contribution in [0.1, 0.15) is 10.4 Å². The Labute approximate surface area is 115 Å². The van der Waals surface area contributed by atoms with Gasteiger partial charge in [0.25, 0.3) is 5.91 Å². The van der Waals surface area contributed by atoms with Gasteiger partial charge in [0.05, 0.1) is 15.9 Å². The van der Waals surface area contributed by atoms with Gasteiger partial charge in [-0.05, 0) is 28.1 Å². The van der Waals surface area contributed by atoms with Crippen LogP contribution >= 0.6 is 27.7 Å². The minimum Gasteiger partial charge on any atom is -0.480 e. The number of benzene rings is 1. The number of hydrogen-bond donors (Lipinski definition) is 1. The number of carboxylic acid groups (broad SMARTS) is 1. The molecular weight excluding hydrogens is 325 g/mol. The van der Waals surface area contributed by atoms with Gasteiger partial charge < -0.3 is 10.0 Å². The molecule has 4 nitrogen and oxygen atoms in total. The highest BCUT2D eigenvalue weighted by atomic mass is 79.9. The third-order valence-electron chi connectivity index (χ3n) is 2.61. The van der Waals surface area contributed by atoms with Crippen LogP contribution in [0.5, 0.6) is 0 Å². The van der Waals surface area contributed by atoms with Crippen LogP contribution in [0, 0.1) is 5.82 Å². The third-order valence-corrected chi connectivity index (χ3v) is 4.43. The predicted molar refractivity (Wildman–Crippen MR) is 69.0 cm³/mol. The molecule has 1 aliphatic heterocycles. The van der Waals surface area contributed by atoms with Crippen LogP contribution in [-0.4, -0.2) is 39.6 Å². The number of carbonyl (C=O) groups excluding carboxylic acids is 1. The fourth-order valence-electron chi connectivity index (χ4n) is 1.67. The van der Waals surface area contributed by atoms with Crippen molar-refractivity contribution in [3.63, 3.8) is 0 Å². The summed E-state index contributed by atoms with van der Waals surface area (Å²) < 4.78 is 13.4. The second-order valence-electron chi connectivity index (χ2n) is 3.73. The van der Waals surface area contributed by atoms with Crippen molar-refractivity contribution in [2.45, 2.75) is 6.04 Å². The van der Waals surface area contributed by atoms with Gasteiger partial charge >= 0.3 is 5.97 Å². The molecule has 7 heteroatoms. The average Bonchev–Trinajstić information content (AvgIpc) is 2.81. The summed E-state index contributed by atoms with van der Waals surface area (Å²) >= 11 is 4.37. The number of aliphatic carboxylic acids is 1. The summed E-state index contributed by atoms with van der Waals surface area (Å²) in [7, 11) is 0. The van der Waals surface area contributed by atoms with E-state index in [4.69, 9.17) is 5.11 Å². The number of hydrogen-bond acceptors (Lipinski definition) is 3. The van der Waals surface area contributed by atoms with Crippen molar-refractivity contribution in [1.29, 1.82) is 0 Å². The Morgan fingerprint density at radius 3 is 2.89 bits per heavy atom. The van der Waals surface area contributed by atoms with Gasteiger partial charge in [0, 0.05) is 5.75 Å². The maximum absolute atomic E-state index is 13.3. The minimum atomic E-state index is -1.04. The molecule has 1 aliphatic rings. The molecule has 18 heavy (non-hydrogen) atoms. The van der Waals surface area contributed by atoms with Gasteiger partial charge in [0.15, 0.2) is 0 Å². The quantitative estimate of drug-likeness (QED) is 0.901. The lowest BCUT2D eigenvalue weighted by molar-refractivity contribution is -0.140. The van der Waals surface area contributed by atoms with Gasteiger partial charge in [0.1, 0.15) is 11.9 Å². The Morgan fingerprint density at radius 2 is 2.22 bits per heavy atom. The van der Waals surface area contributed by atoms with Crippen molar-refractivity contribution >= 4 is 39.6 Å². The molecule has 1 N–H and O–H groups in total. The SMILES string of the molecule is O=C(O)[C@@H]1CSCN1C(=O)c1cccc(F)c1Br. The van der Waals surface area contributed by atoms with Gasteiger partial charge in [-0.3, -0.25) is 4.79 Å². The first-order valence-corrected chi connectivity index (χ1v) is 7.02. The van der Waals surface area contributed by atoms with Crippen molar-refractivity contribution in [3.8, 4) is 0 Å². The lowest BCUT2D eigenvalue weighted by Crippen LogP contribution is -2.41. The molecule has 0 radical (unpaired) electrons. The Morgan fingerprint density at radius 1 is 1.50 bits per heavy atom. The number of nitrogens with zero attached hydrogens (tertiary/aromatic N) is 1. The molecule has 0 aliphatic carbocycles. The molecule has 0 bridgehead atoms. The maximum Gasteiger partial charge on any atom is 0.327 e. The summed E-state index contributed by atoms with van der Waals surface area (Å²) in [6, 6.07) is 3.27. The van der Waals surface area contributed by atoms with Gasteiger partial charge in [0.2, 0.25) is 0 Å². The monoisotopic (exact) mass is 333 g/mol. The maximum atomic E-state index is 13.3.